The number of ether oxygens (including phenoxy) is 2. The number of hydrogen-bond donors (Lipinski definition) is 0. The monoisotopic (exact) mass is 348 g/mol. The van der Waals surface area contributed by atoms with Crippen LogP contribution in [0.15, 0.2) is 18.2 Å². The van der Waals surface area contributed by atoms with E-state index in [1.54, 1.807) is 14.2 Å². The van der Waals surface area contributed by atoms with E-state index < -0.39 is 0 Å². The molecule has 0 saturated carbocycles. The molecule has 1 aromatic heterocycles. The Morgan fingerprint density at radius 2 is 1.69 bits per heavy atom. The van der Waals surface area contributed by atoms with E-state index in [9.17, 15) is 0 Å². The SMILES string of the molecule is COc1cc(OC)cc(-c2nnc(I)s2)c1. The summed E-state index contributed by atoms with van der Waals surface area (Å²) in [6.07, 6.45) is 0. The molecule has 0 bridgehead atoms. The van der Waals surface area contributed by atoms with Gasteiger partial charge in [0.2, 0.25) is 0 Å². The highest BCUT2D eigenvalue weighted by molar-refractivity contribution is 14.1. The summed E-state index contributed by atoms with van der Waals surface area (Å²) in [6, 6.07) is 5.66. The van der Waals surface area contributed by atoms with Crippen molar-refractivity contribution >= 4 is 33.9 Å². The van der Waals surface area contributed by atoms with Crippen LogP contribution < -0.4 is 9.47 Å². The van der Waals surface area contributed by atoms with E-state index in [-0.39, 0.29) is 0 Å². The molecule has 2 aromatic rings. The predicted octanol–water partition coefficient (Wildman–Crippen LogP) is 2.83. The average molecular weight is 348 g/mol. The van der Waals surface area contributed by atoms with Gasteiger partial charge in [-0.3, -0.25) is 0 Å². The topological polar surface area (TPSA) is 44.2 Å². The summed E-state index contributed by atoms with van der Waals surface area (Å²) in [5.74, 6) is 1.50. The highest BCUT2D eigenvalue weighted by Gasteiger charge is 2.08. The zero-order chi connectivity index (χ0) is 11.5. The van der Waals surface area contributed by atoms with Gasteiger partial charge < -0.3 is 9.47 Å². The standard InChI is InChI=1S/C10H9IN2O2S/c1-14-7-3-6(4-8(5-7)15-2)9-12-13-10(11)16-9/h3-5H,1-2H3. The van der Waals surface area contributed by atoms with Gasteiger partial charge in [-0.05, 0) is 34.7 Å². The summed E-state index contributed by atoms with van der Waals surface area (Å²) >= 11 is 3.68. The molecule has 0 saturated heterocycles. The summed E-state index contributed by atoms with van der Waals surface area (Å²) in [5, 5.41) is 8.93. The quantitative estimate of drug-likeness (QED) is 0.801. The van der Waals surface area contributed by atoms with E-state index >= 15 is 0 Å². The third-order valence-corrected chi connectivity index (χ3v) is 3.64. The molecule has 16 heavy (non-hydrogen) atoms. The zero-order valence-electron chi connectivity index (χ0n) is 8.73. The molecule has 0 unspecified atom stereocenters. The molecule has 0 atom stereocenters. The second-order valence-electron chi connectivity index (χ2n) is 2.96. The Labute approximate surface area is 111 Å². The Hall–Kier alpha value is -0.890. The zero-order valence-corrected chi connectivity index (χ0v) is 11.7. The summed E-state index contributed by atoms with van der Waals surface area (Å²) in [4.78, 5) is 0. The van der Waals surface area contributed by atoms with E-state index in [0.29, 0.717) is 0 Å². The fraction of sp³-hybridized carbons (Fsp3) is 0.200. The lowest BCUT2D eigenvalue weighted by atomic mass is 10.2. The Morgan fingerprint density at radius 3 is 2.12 bits per heavy atom. The Bertz CT molecular complexity index is 479. The second kappa shape index (κ2) is 4.96. The van der Waals surface area contributed by atoms with Crippen LogP contribution in [-0.2, 0) is 0 Å². The third kappa shape index (κ3) is 2.43. The lowest BCUT2D eigenvalue weighted by molar-refractivity contribution is 0.394. The molecular formula is C10H9IN2O2S. The first-order valence-corrected chi connectivity index (χ1v) is 6.35. The van der Waals surface area contributed by atoms with Crippen molar-refractivity contribution in [2.45, 2.75) is 0 Å². The molecular weight excluding hydrogens is 339 g/mol. The second-order valence-corrected chi connectivity index (χ2v) is 5.69. The van der Waals surface area contributed by atoms with Crippen LogP contribution in [0, 0.1) is 3.01 Å². The molecule has 0 N–H and O–H groups in total. The maximum absolute atomic E-state index is 5.20. The number of halogens is 1. The van der Waals surface area contributed by atoms with Crippen molar-refractivity contribution in [3.8, 4) is 22.1 Å². The maximum atomic E-state index is 5.20. The highest BCUT2D eigenvalue weighted by atomic mass is 127. The fourth-order valence-electron chi connectivity index (χ4n) is 1.25. The van der Waals surface area contributed by atoms with Crippen LogP contribution in [0.3, 0.4) is 0 Å². The summed E-state index contributed by atoms with van der Waals surface area (Å²) in [5.41, 5.74) is 0.955. The number of aromatic nitrogens is 2. The van der Waals surface area contributed by atoms with Crippen molar-refractivity contribution in [3.05, 3.63) is 21.2 Å². The van der Waals surface area contributed by atoms with Gasteiger partial charge in [-0.1, -0.05) is 11.3 Å². The average Bonchev–Trinajstić information content (AvgIpc) is 2.75. The lowest BCUT2D eigenvalue weighted by Crippen LogP contribution is -1.88. The van der Waals surface area contributed by atoms with Crippen molar-refractivity contribution in [2.75, 3.05) is 14.2 Å². The number of nitrogens with zero attached hydrogens (tertiary/aromatic N) is 2. The number of methoxy groups -OCH3 is 2. The van der Waals surface area contributed by atoms with Gasteiger partial charge in [0.15, 0.2) is 3.01 Å². The van der Waals surface area contributed by atoms with Crippen LogP contribution in [-0.4, -0.2) is 24.4 Å². The molecule has 0 aliphatic heterocycles. The van der Waals surface area contributed by atoms with Crippen LogP contribution >= 0.6 is 33.9 Å². The van der Waals surface area contributed by atoms with Crippen LogP contribution in [0.25, 0.3) is 10.6 Å². The van der Waals surface area contributed by atoms with Gasteiger partial charge in [0.1, 0.15) is 16.5 Å². The molecule has 6 heteroatoms. The molecule has 0 aliphatic carbocycles. The molecule has 0 amide bonds. The molecule has 0 spiro atoms. The molecule has 1 heterocycles. The van der Waals surface area contributed by atoms with Gasteiger partial charge >= 0.3 is 0 Å². The Kier molecular flexibility index (Phi) is 3.59. The van der Waals surface area contributed by atoms with Crippen molar-refractivity contribution in [2.24, 2.45) is 0 Å². The molecule has 0 aliphatic rings. The van der Waals surface area contributed by atoms with Crippen LogP contribution in [0.2, 0.25) is 0 Å². The largest absolute Gasteiger partial charge is 0.497 e. The van der Waals surface area contributed by atoms with Crippen LogP contribution in [0.4, 0.5) is 0 Å². The number of hydrogen-bond acceptors (Lipinski definition) is 5. The minimum absolute atomic E-state index is 0.750. The number of benzene rings is 1. The number of rotatable bonds is 3. The molecule has 2 rings (SSSR count). The highest BCUT2D eigenvalue weighted by Crippen LogP contribution is 2.31. The van der Waals surface area contributed by atoms with E-state index in [2.05, 4.69) is 32.8 Å². The molecule has 4 nitrogen and oxygen atoms in total. The molecule has 1 aromatic carbocycles. The van der Waals surface area contributed by atoms with E-state index in [1.807, 2.05) is 18.2 Å². The first-order valence-electron chi connectivity index (χ1n) is 4.45. The minimum Gasteiger partial charge on any atom is -0.497 e. The minimum atomic E-state index is 0.750. The predicted molar refractivity (Wildman–Crippen MR) is 71.2 cm³/mol. The van der Waals surface area contributed by atoms with Gasteiger partial charge in [-0.2, -0.15) is 0 Å². The van der Waals surface area contributed by atoms with Crippen molar-refractivity contribution < 1.29 is 9.47 Å². The Morgan fingerprint density at radius 1 is 1.06 bits per heavy atom. The maximum Gasteiger partial charge on any atom is 0.178 e. The first kappa shape index (κ1) is 11.6. The van der Waals surface area contributed by atoms with Gasteiger partial charge in [0.05, 0.1) is 14.2 Å². The van der Waals surface area contributed by atoms with Crippen molar-refractivity contribution in [3.63, 3.8) is 0 Å². The molecule has 84 valence electrons. The normalized spacial score (nSPS) is 10.2. The van der Waals surface area contributed by atoms with E-state index in [1.165, 1.54) is 11.3 Å². The summed E-state index contributed by atoms with van der Waals surface area (Å²) in [6.45, 7) is 0. The third-order valence-electron chi connectivity index (χ3n) is 2.00. The van der Waals surface area contributed by atoms with Gasteiger partial charge in [0, 0.05) is 11.6 Å². The molecule has 0 radical (unpaired) electrons. The summed E-state index contributed by atoms with van der Waals surface area (Å²) in [7, 11) is 3.25. The lowest BCUT2D eigenvalue weighted by Gasteiger charge is -2.05. The van der Waals surface area contributed by atoms with Gasteiger partial charge in [0.25, 0.3) is 0 Å². The smallest absolute Gasteiger partial charge is 0.178 e. The summed E-state index contributed by atoms with van der Waals surface area (Å²) < 4.78 is 11.3. The van der Waals surface area contributed by atoms with E-state index in [4.69, 9.17) is 9.47 Å². The fourth-order valence-corrected chi connectivity index (χ4v) is 2.55. The van der Waals surface area contributed by atoms with Crippen molar-refractivity contribution in [1.82, 2.24) is 10.2 Å². The van der Waals surface area contributed by atoms with E-state index in [0.717, 1.165) is 25.1 Å². The Balaban J connectivity index is 2.47. The van der Waals surface area contributed by atoms with Crippen LogP contribution in [0.1, 0.15) is 0 Å². The van der Waals surface area contributed by atoms with Crippen LogP contribution in [0.5, 0.6) is 11.5 Å². The van der Waals surface area contributed by atoms with Gasteiger partial charge in [-0.25, -0.2) is 0 Å². The first-order chi connectivity index (χ1) is 7.72. The van der Waals surface area contributed by atoms with Gasteiger partial charge in [-0.15, -0.1) is 10.2 Å². The molecule has 0 fully saturated rings. The van der Waals surface area contributed by atoms with Crippen molar-refractivity contribution in [1.29, 1.82) is 0 Å².